The van der Waals surface area contributed by atoms with Crippen LogP contribution in [0.3, 0.4) is 0 Å². The Morgan fingerprint density at radius 2 is 1.97 bits per heavy atom. The summed E-state index contributed by atoms with van der Waals surface area (Å²) >= 11 is 0. The predicted molar refractivity (Wildman–Crippen MR) is 130 cm³/mol. The van der Waals surface area contributed by atoms with E-state index in [-0.39, 0.29) is 35.7 Å². The number of rotatable bonds is 7. The van der Waals surface area contributed by atoms with Crippen molar-refractivity contribution < 1.29 is 23.6 Å². The molecule has 2 aromatic heterocycles. The zero-order valence-electron chi connectivity index (χ0n) is 21.4. The fourth-order valence-corrected chi connectivity index (χ4v) is 4.65. The number of esters is 1. The van der Waals surface area contributed by atoms with Gasteiger partial charge in [-0.15, -0.1) is 0 Å². The second-order valence-corrected chi connectivity index (χ2v) is 11.0. The fourth-order valence-electron chi connectivity index (χ4n) is 4.65. The third kappa shape index (κ3) is 5.82. The van der Waals surface area contributed by atoms with Crippen LogP contribution in [-0.2, 0) is 20.7 Å². The van der Waals surface area contributed by atoms with Crippen LogP contribution in [0.25, 0.3) is 11.1 Å². The van der Waals surface area contributed by atoms with E-state index in [1.807, 2.05) is 6.07 Å². The minimum Gasteiger partial charge on any atom is -0.466 e. The topological polar surface area (TPSA) is 106 Å². The Hall–Kier alpha value is -2.97. The van der Waals surface area contributed by atoms with Crippen molar-refractivity contribution in [3.63, 3.8) is 0 Å². The van der Waals surface area contributed by atoms with Gasteiger partial charge in [0, 0.05) is 31.7 Å². The molecule has 1 aliphatic carbocycles. The maximum atomic E-state index is 13.6. The third-order valence-electron chi connectivity index (χ3n) is 6.57. The van der Waals surface area contributed by atoms with E-state index in [9.17, 15) is 14.4 Å². The molecule has 9 heteroatoms. The lowest BCUT2D eigenvalue weighted by atomic mass is 9.89. The number of pyridine rings is 1. The Kier molecular flexibility index (Phi) is 7.15. The van der Waals surface area contributed by atoms with Crippen molar-refractivity contribution in [3.8, 4) is 0 Å². The van der Waals surface area contributed by atoms with Crippen LogP contribution in [0.5, 0.6) is 0 Å². The SMILES string of the molecule is CCOC(=O)C1CCCN(C(=O)CN(C)C(=O)c2cc(C3CC3)nc3onc(CC(C)(C)C)c23)C1. The fraction of sp³-hybridized carbons (Fsp3) is 0.654. The van der Waals surface area contributed by atoms with E-state index < -0.39 is 0 Å². The molecule has 0 radical (unpaired) electrons. The molecule has 0 spiro atoms. The molecule has 1 saturated carbocycles. The van der Waals surface area contributed by atoms with Crippen LogP contribution in [-0.4, -0.2) is 71.0 Å². The highest BCUT2D eigenvalue weighted by Gasteiger charge is 2.33. The van der Waals surface area contributed by atoms with Gasteiger partial charge in [-0.25, -0.2) is 4.98 Å². The zero-order valence-corrected chi connectivity index (χ0v) is 21.4. The quantitative estimate of drug-likeness (QED) is 0.553. The number of nitrogens with zero attached hydrogens (tertiary/aromatic N) is 4. The van der Waals surface area contributed by atoms with E-state index in [1.54, 1.807) is 18.9 Å². The van der Waals surface area contributed by atoms with Crippen LogP contribution >= 0.6 is 0 Å². The third-order valence-corrected chi connectivity index (χ3v) is 6.57. The standard InChI is InChI=1S/C26H36N4O5/c1-6-34-25(33)17-8-7-11-30(14-17)21(31)15-29(5)24(32)18-12-19(16-9-10-16)27-23-22(18)20(28-35-23)13-26(2,3)4/h12,16-17H,6-11,13-15H2,1-5H3. The van der Waals surface area contributed by atoms with Crippen LogP contribution in [0, 0.1) is 11.3 Å². The summed E-state index contributed by atoms with van der Waals surface area (Å²) in [5.41, 5.74) is 2.36. The molecule has 2 fully saturated rings. The molecule has 2 amide bonds. The molecule has 190 valence electrons. The van der Waals surface area contributed by atoms with Crippen LogP contribution in [0.1, 0.15) is 81.0 Å². The molecule has 4 rings (SSSR count). The first-order chi connectivity index (χ1) is 16.6. The normalized spacial score (nSPS) is 18.5. The Bertz CT molecular complexity index is 1110. The number of aromatic nitrogens is 2. The molecule has 1 atom stereocenters. The zero-order chi connectivity index (χ0) is 25.3. The molecule has 0 aromatic carbocycles. The summed E-state index contributed by atoms with van der Waals surface area (Å²) in [6.07, 6.45) is 4.16. The highest BCUT2D eigenvalue weighted by Crippen LogP contribution is 2.41. The smallest absolute Gasteiger partial charge is 0.310 e. The van der Waals surface area contributed by atoms with Crippen molar-refractivity contribution in [1.29, 1.82) is 0 Å². The van der Waals surface area contributed by atoms with Gasteiger partial charge in [-0.3, -0.25) is 14.4 Å². The first kappa shape index (κ1) is 25.1. The summed E-state index contributed by atoms with van der Waals surface area (Å²) in [6.45, 7) is 9.24. The molecule has 0 bridgehead atoms. The number of amides is 2. The van der Waals surface area contributed by atoms with Gasteiger partial charge in [0.05, 0.1) is 35.7 Å². The van der Waals surface area contributed by atoms with E-state index in [4.69, 9.17) is 9.26 Å². The van der Waals surface area contributed by atoms with Gasteiger partial charge in [0.2, 0.25) is 5.91 Å². The predicted octanol–water partition coefficient (Wildman–Crippen LogP) is 3.56. The van der Waals surface area contributed by atoms with Gasteiger partial charge in [-0.05, 0) is 50.5 Å². The van der Waals surface area contributed by atoms with Gasteiger partial charge < -0.3 is 19.1 Å². The molecule has 1 aliphatic heterocycles. The number of fused-ring (bicyclic) bond motifs is 1. The molecule has 1 saturated heterocycles. The summed E-state index contributed by atoms with van der Waals surface area (Å²) in [5.74, 6) is -0.679. The Morgan fingerprint density at radius 1 is 1.23 bits per heavy atom. The monoisotopic (exact) mass is 484 g/mol. The number of ether oxygens (including phenoxy) is 1. The number of likely N-dealkylation sites (tertiary alicyclic amines) is 1. The number of piperidine rings is 1. The largest absolute Gasteiger partial charge is 0.466 e. The van der Waals surface area contributed by atoms with Gasteiger partial charge in [0.15, 0.2) is 0 Å². The van der Waals surface area contributed by atoms with Crippen molar-refractivity contribution >= 4 is 28.9 Å². The van der Waals surface area contributed by atoms with Crippen molar-refractivity contribution in [1.82, 2.24) is 19.9 Å². The second kappa shape index (κ2) is 9.95. The Balaban J connectivity index is 1.54. The van der Waals surface area contributed by atoms with E-state index in [0.29, 0.717) is 60.8 Å². The molecular formula is C26H36N4O5. The molecule has 0 N–H and O–H groups in total. The van der Waals surface area contributed by atoms with E-state index in [1.165, 1.54) is 4.90 Å². The van der Waals surface area contributed by atoms with Gasteiger partial charge in [-0.2, -0.15) is 0 Å². The number of carbonyl (C=O) groups excluding carboxylic acids is 3. The van der Waals surface area contributed by atoms with Gasteiger partial charge >= 0.3 is 5.97 Å². The minimum absolute atomic E-state index is 0.0507. The molecule has 35 heavy (non-hydrogen) atoms. The number of carbonyl (C=O) groups is 3. The first-order valence-electron chi connectivity index (χ1n) is 12.6. The molecule has 1 unspecified atom stereocenters. The lowest BCUT2D eigenvalue weighted by molar-refractivity contribution is -0.151. The van der Waals surface area contributed by atoms with Crippen LogP contribution in [0.2, 0.25) is 0 Å². The summed E-state index contributed by atoms with van der Waals surface area (Å²) < 4.78 is 10.7. The molecule has 2 aromatic rings. The number of likely N-dealkylation sites (N-methyl/N-ethyl adjacent to an activating group) is 1. The summed E-state index contributed by atoms with van der Waals surface area (Å²) in [7, 11) is 1.63. The van der Waals surface area contributed by atoms with Crippen molar-refractivity contribution in [2.45, 2.75) is 65.7 Å². The average Bonchev–Trinajstić information content (AvgIpc) is 3.59. The maximum absolute atomic E-state index is 13.6. The lowest BCUT2D eigenvalue weighted by Gasteiger charge is -2.32. The van der Waals surface area contributed by atoms with Gasteiger partial charge in [-0.1, -0.05) is 25.9 Å². The van der Waals surface area contributed by atoms with Crippen molar-refractivity contribution in [2.75, 3.05) is 33.3 Å². The van der Waals surface area contributed by atoms with Crippen molar-refractivity contribution in [3.05, 3.63) is 23.0 Å². The molecule has 3 heterocycles. The van der Waals surface area contributed by atoms with Crippen molar-refractivity contribution in [2.24, 2.45) is 11.3 Å². The van der Waals surface area contributed by atoms with E-state index in [2.05, 4.69) is 30.9 Å². The Morgan fingerprint density at radius 3 is 2.63 bits per heavy atom. The summed E-state index contributed by atoms with van der Waals surface area (Å²) in [5, 5.41) is 4.88. The minimum atomic E-state index is -0.313. The first-order valence-corrected chi connectivity index (χ1v) is 12.6. The maximum Gasteiger partial charge on any atom is 0.310 e. The van der Waals surface area contributed by atoms with Crippen LogP contribution in [0.15, 0.2) is 10.6 Å². The molecular weight excluding hydrogens is 448 g/mol. The van der Waals surface area contributed by atoms with Gasteiger partial charge in [0.25, 0.3) is 11.6 Å². The van der Waals surface area contributed by atoms with Crippen LogP contribution < -0.4 is 0 Å². The number of hydrogen-bond acceptors (Lipinski definition) is 7. The molecule has 9 nitrogen and oxygen atoms in total. The van der Waals surface area contributed by atoms with E-state index >= 15 is 0 Å². The average molecular weight is 485 g/mol. The van der Waals surface area contributed by atoms with Gasteiger partial charge in [0.1, 0.15) is 0 Å². The highest BCUT2D eigenvalue weighted by molar-refractivity contribution is 6.07. The molecule has 2 aliphatic rings. The van der Waals surface area contributed by atoms with Crippen LogP contribution in [0.4, 0.5) is 0 Å². The highest BCUT2D eigenvalue weighted by atomic mass is 16.5. The Labute approximate surface area is 206 Å². The van der Waals surface area contributed by atoms with E-state index in [0.717, 1.165) is 25.0 Å². The second-order valence-electron chi connectivity index (χ2n) is 11.0. The summed E-state index contributed by atoms with van der Waals surface area (Å²) in [4.78, 5) is 46.6. The summed E-state index contributed by atoms with van der Waals surface area (Å²) in [6, 6.07) is 1.85. The lowest BCUT2D eigenvalue weighted by Crippen LogP contribution is -2.47. The number of hydrogen-bond donors (Lipinski definition) is 0.